The van der Waals surface area contributed by atoms with Crippen LogP contribution in [0.5, 0.6) is 0 Å². The molecule has 2 amide bonds. The Hall–Kier alpha value is -1.63. The Morgan fingerprint density at radius 2 is 1.92 bits per heavy atom. The molecule has 26 heavy (non-hydrogen) atoms. The van der Waals surface area contributed by atoms with E-state index >= 15 is 0 Å². The van der Waals surface area contributed by atoms with Crippen LogP contribution in [0, 0.1) is 19.3 Å². The van der Waals surface area contributed by atoms with Gasteiger partial charge in [-0.2, -0.15) is 0 Å². The number of piperidine rings is 1. The normalized spacial score (nSPS) is 15.7. The third-order valence-electron chi connectivity index (χ3n) is 5.04. The summed E-state index contributed by atoms with van der Waals surface area (Å²) >= 11 is 0. The number of aryl methyl sites for hydroxylation is 1. The number of anilines is 1. The second kappa shape index (κ2) is 9.90. The lowest BCUT2D eigenvalue weighted by Gasteiger charge is -2.38. The van der Waals surface area contributed by atoms with Crippen molar-refractivity contribution >= 4 is 29.9 Å². The zero-order valence-corrected chi connectivity index (χ0v) is 16.9. The number of nitrogens with one attached hydrogen (secondary N) is 2. The molecule has 1 aromatic rings. The van der Waals surface area contributed by atoms with E-state index in [2.05, 4.69) is 10.6 Å². The van der Waals surface area contributed by atoms with E-state index in [1.807, 2.05) is 32.0 Å². The van der Waals surface area contributed by atoms with Crippen molar-refractivity contribution < 1.29 is 14.3 Å². The molecule has 1 saturated heterocycles. The number of benzene rings is 1. The topological polar surface area (TPSA) is 70.7 Å². The van der Waals surface area contributed by atoms with Gasteiger partial charge in [0.25, 0.3) is 0 Å². The van der Waals surface area contributed by atoms with E-state index in [4.69, 9.17) is 4.74 Å². The monoisotopic (exact) mass is 383 g/mol. The van der Waals surface area contributed by atoms with Gasteiger partial charge in [0.2, 0.25) is 11.8 Å². The quantitative estimate of drug-likeness (QED) is 0.789. The highest BCUT2D eigenvalue weighted by Gasteiger charge is 2.41. The van der Waals surface area contributed by atoms with Crippen LogP contribution in [0.15, 0.2) is 18.2 Å². The van der Waals surface area contributed by atoms with E-state index in [9.17, 15) is 9.59 Å². The van der Waals surface area contributed by atoms with Gasteiger partial charge in [0.15, 0.2) is 0 Å². The van der Waals surface area contributed by atoms with Crippen molar-refractivity contribution in [3.05, 3.63) is 29.3 Å². The summed E-state index contributed by atoms with van der Waals surface area (Å²) in [6, 6.07) is 5.79. The van der Waals surface area contributed by atoms with Gasteiger partial charge in [0, 0.05) is 19.8 Å². The van der Waals surface area contributed by atoms with Crippen LogP contribution in [0.1, 0.15) is 24.0 Å². The lowest BCUT2D eigenvalue weighted by Crippen LogP contribution is -2.51. The fraction of sp³-hybridized carbons (Fsp3) is 0.579. The van der Waals surface area contributed by atoms with Gasteiger partial charge in [-0.1, -0.05) is 12.1 Å². The Bertz CT molecular complexity index is 625. The van der Waals surface area contributed by atoms with Gasteiger partial charge >= 0.3 is 0 Å². The van der Waals surface area contributed by atoms with E-state index < -0.39 is 5.41 Å². The number of nitrogens with zero attached hydrogens (tertiary/aromatic N) is 1. The molecule has 0 aromatic heterocycles. The first-order chi connectivity index (χ1) is 11.9. The Labute approximate surface area is 162 Å². The summed E-state index contributed by atoms with van der Waals surface area (Å²) in [5.41, 5.74) is 2.42. The SMILES string of the molecule is COCC1(C(=O)N(C)CC(=O)Nc2cccc(C)c2C)CCNCC1.Cl. The first kappa shape index (κ1) is 22.4. The lowest BCUT2D eigenvalue weighted by molar-refractivity contribution is -0.147. The molecule has 0 aliphatic carbocycles. The minimum Gasteiger partial charge on any atom is -0.384 e. The number of hydrogen-bond donors (Lipinski definition) is 2. The number of ether oxygens (including phenoxy) is 1. The molecule has 1 fully saturated rings. The molecule has 0 saturated carbocycles. The molecular weight excluding hydrogens is 354 g/mol. The summed E-state index contributed by atoms with van der Waals surface area (Å²) in [6.45, 7) is 5.98. The molecule has 6 nitrogen and oxygen atoms in total. The zero-order chi connectivity index (χ0) is 18.4. The molecule has 1 heterocycles. The highest BCUT2D eigenvalue weighted by molar-refractivity contribution is 5.96. The minimum atomic E-state index is -0.533. The Morgan fingerprint density at radius 1 is 1.27 bits per heavy atom. The van der Waals surface area contributed by atoms with Crippen molar-refractivity contribution in [2.45, 2.75) is 26.7 Å². The fourth-order valence-electron chi connectivity index (χ4n) is 3.37. The van der Waals surface area contributed by atoms with Gasteiger partial charge in [-0.25, -0.2) is 0 Å². The van der Waals surface area contributed by atoms with Gasteiger partial charge in [0.1, 0.15) is 0 Å². The molecule has 1 aromatic carbocycles. The third kappa shape index (κ3) is 5.19. The number of halogens is 1. The maximum Gasteiger partial charge on any atom is 0.243 e. The molecule has 0 spiro atoms. The summed E-state index contributed by atoms with van der Waals surface area (Å²) in [4.78, 5) is 26.9. The van der Waals surface area contributed by atoms with Crippen LogP contribution in [0.25, 0.3) is 0 Å². The van der Waals surface area contributed by atoms with Crippen molar-refractivity contribution in [2.24, 2.45) is 5.41 Å². The lowest BCUT2D eigenvalue weighted by atomic mass is 9.78. The van der Waals surface area contributed by atoms with Gasteiger partial charge in [-0.15, -0.1) is 12.4 Å². The Balaban J connectivity index is 0.00000338. The van der Waals surface area contributed by atoms with Crippen LogP contribution in [-0.4, -0.2) is 57.1 Å². The molecule has 0 unspecified atom stereocenters. The van der Waals surface area contributed by atoms with E-state index in [0.29, 0.717) is 6.61 Å². The molecule has 0 radical (unpaired) electrons. The zero-order valence-electron chi connectivity index (χ0n) is 16.1. The van der Waals surface area contributed by atoms with Crippen LogP contribution >= 0.6 is 12.4 Å². The fourth-order valence-corrected chi connectivity index (χ4v) is 3.37. The van der Waals surface area contributed by atoms with Crippen molar-refractivity contribution in [1.29, 1.82) is 0 Å². The third-order valence-corrected chi connectivity index (χ3v) is 5.04. The van der Waals surface area contributed by atoms with Gasteiger partial charge in [0.05, 0.1) is 18.6 Å². The minimum absolute atomic E-state index is 0. The van der Waals surface area contributed by atoms with Crippen molar-refractivity contribution in [3.63, 3.8) is 0 Å². The average molecular weight is 384 g/mol. The van der Waals surface area contributed by atoms with E-state index in [0.717, 1.165) is 42.7 Å². The van der Waals surface area contributed by atoms with Crippen LogP contribution in [-0.2, 0) is 14.3 Å². The second-order valence-electron chi connectivity index (χ2n) is 6.92. The number of likely N-dealkylation sites (N-methyl/N-ethyl adjacent to an activating group) is 1. The largest absolute Gasteiger partial charge is 0.384 e. The highest BCUT2D eigenvalue weighted by Crippen LogP contribution is 2.31. The highest BCUT2D eigenvalue weighted by atomic mass is 35.5. The summed E-state index contributed by atoms with van der Waals surface area (Å²) in [5, 5.41) is 6.18. The smallest absolute Gasteiger partial charge is 0.243 e. The van der Waals surface area contributed by atoms with Crippen LogP contribution in [0.3, 0.4) is 0 Å². The van der Waals surface area contributed by atoms with E-state index in [1.54, 1.807) is 14.2 Å². The number of hydrogen-bond acceptors (Lipinski definition) is 4. The average Bonchev–Trinajstić information content (AvgIpc) is 2.59. The number of methoxy groups -OCH3 is 1. The van der Waals surface area contributed by atoms with E-state index in [1.165, 1.54) is 4.90 Å². The molecule has 2 N–H and O–H groups in total. The van der Waals surface area contributed by atoms with Gasteiger partial charge in [-0.3, -0.25) is 9.59 Å². The van der Waals surface area contributed by atoms with Crippen LogP contribution in [0.2, 0.25) is 0 Å². The van der Waals surface area contributed by atoms with Gasteiger partial charge < -0.3 is 20.3 Å². The van der Waals surface area contributed by atoms with Crippen LogP contribution in [0.4, 0.5) is 5.69 Å². The first-order valence-corrected chi connectivity index (χ1v) is 8.71. The number of amides is 2. The van der Waals surface area contributed by atoms with Crippen molar-refractivity contribution in [3.8, 4) is 0 Å². The maximum absolute atomic E-state index is 13.0. The second-order valence-corrected chi connectivity index (χ2v) is 6.92. The Kier molecular flexibility index (Phi) is 8.53. The first-order valence-electron chi connectivity index (χ1n) is 8.71. The van der Waals surface area contributed by atoms with Crippen molar-refractivity contribution in [1.82, 2.24) is 10.2 Å². The summed E-state index contributed by atoms with van der Waals surface area (Å²) in [7, 11) is 3.30. The predicted octanol–water partition coefficient (Wildman–Crippen LogP) is 2.14. The Morgan fingerprint density at radius 3 is 2.54 bits per heavy atom. The molecular formula is C19H30ClN3O3. The molecule has 146 valence electrons. The molecule has 0 bridgehead atoms. The summed E-state index contributed by atoms with van der Waals surface area (Å²) < 4.78 is 5.31. The standard InChI is InChI=1S/C19H29N3O3.ClH/c1-14-6-5-7-16(15(14)2)21-17(23)12-22(3)18(24)19(13-25-4)8-10-20-11-9-19;/h5-7,20H,8-13H2,1-4H3,(H,21,23);1H. The molecule has 1 aliphatic heterocycles. The van der Waals surface area contributed by atoms with Crippen molar-refractivity contribution in [2.75, 3.05) is 45.7 Å². The molecule has 2 rings (SSSR count). The van der Waals surface area contributed by atoms with Gasteiger partial charge in [-0.05, 0) is 57.0 Å². The van der Waals surface area contributed by atoms with E-state index in [-0.39, 0.29) is 30.8 Å². The molecule has 1 aliphatic rings. The van der Waals surface area contributed by atoms with Crippen LogP contribution < -0.4 is 10.6 Å². The number of carbonyl (C=O) groups excluding carboxylic acids is 2. The molecule has 0 atom stereocenters. The number of carbonyl (C=O) groups is 2. The molecule has 7 heteroatoms. The predicted molar refractivity (Wildman–Crippen MR) is 106 cm³/mol. The summed E-state index contributed by atoms with van der Waals surface area (Å²) in [6.07, 6.45) is 1.45. The summed E-state index contributed by atoms with van der Waals surface area (Å²) in [5.74, 6) is -0.210. The number of rotatable bonds is 6. The maximum atomic E-state index is 13.0.